The van der Waals surface area contributed by atoms with Crippen molar-refractivity contribution in [1.82, 2.24) is 15.5 Å². The maximum Gasteiger partial charge on any atom is 0.191 e. The van der Waals surface area contributed by atoms with Crippen molar-refractivity contribution in [2.75, 3.05) is 53.0 Å². The smallest absolute Gasteiger partial charge is 0.191 e. The van der Waals surface area contributed by atoms with Crippen molar-refractivity contribution in [3.8, 4) is 0 Å². The number of methoxy groups -OCH3 is 1. The van der Waals surface area contributed by atoms with Crippen LogP contribution in [0.15, 0.2) is 4.99 Å². The van der Waals surface area contributed by atoms with Crippen LogP contribution in [0, 0.1) is 0 Å². The van der Waals surface area contributed by atoms with Gasteiger partial charge in [-0.3, -0.25) is 4.99 Å². The molecule has 114 valence electrons. The highest BCUT2D eigenvalue weighted by atomic mass is 16.5. The molecule has 2 N–H and O–H groups in total. The minimum absolute atomic E-state index is 0.767. The number of guanidine groups is 1. The van der Waals surface area contributed by atoms with Crippen LogP contribution in [0.2, 0.25) is 0 Å². The Morgan fingerprint density at radius 2 is 1.95 bits per heavy atom. The summed E-state index contributed by atoms with van der Waals surface area (Å²) in [5.74, 6) is 0.908. The number of rotatable bonds is 11. The van der Waals surface area contributed by atoms with E-state index in [4.69, 9.17) is 4.74 Å². The summed E-state index contributed by atoms with van der Waals surface area (Å²) in [6.45, 7) is 13.2. The second kappa shape index (κ2) is 13.6. The monoisotopic (exact) mass is 272 g/mol. The van der Waals surface area contributed by atoms with Gasteiger partial charge < -0.3 is 20.3 Å². The molecular formula is C14H32N4O. The van der Waals surface area contributed by atoms with E-state index in [1.54, 1.807) is 7.11 Å². The predicted octanol–water partition coefficient (Wildman–Crippen LogP) is 1.31. The molecule has 0 spiro atoms. The molecule has 0 rings (SSSR count). The first-order valence-corrected chi connectivity index (χ1v) is 7.51. The van der Waals surface area contributed by atoms with E-state index in [1.807, 2.05) is 0 Å². The van der Waals surface area contributed by atoms with Gasteiger partial charge >= 0.3 is 0 Å². The highest BCUT2D eigenvalue weighted by Gasteiger charge is 2.01. The minimum Gasteiger partial charge on any atom is -0.385 e. The average molecular weight is 272 g/mol. The number of likely N-dealkylation sites (N-methyl/N-ethyl adjacent to an activating group) is 1. The molecule has 0 fully saturated rings. The maximum absolute atomic E-state index is 5.02. The van der Waals surface area contributed by atoms with Crippen LogP contribution in [-0.2, 0) is 4.74 Å². The molecule has 0 aromatic heterocycles. The van der Waals surface area contributed by atoms with Crippen molar-refractivity contribution >= 4 is 5.96 Å². The molecule has 0 aliphatic heterocycles. The van der Waals surface area contributed by atoms with E-state index in [0.717, 1.165) is 51.7 Å². The zero-order valence-corrected chi connectivity index (χ0v) is 13.2. The molecule has 19 heavy (non-hydrogen) atoms. The number of hydrogen-bond acceptors (Lipinski definition) is 3. The predicted molar refractivity (Wildman–Crippen MR) is 82.9 cm³/mol. The van der Waals surface area contributed by atoms with Gasteiger partial charge in [0.1, 0.15) is 0 Å². The summed E-state index contributed by atoms with van der Waals surface area (Å²) in [5.41, 5.74) is 0. The molecule has 0 aromatic carbocycles. The Balaban J connectivity index is 3.91. The summed E-state index contributed by atoms with van der Waals surface area (Å²) < 4.78 is 5.02. The molecule has 0 saturated carbocycles. The lowest BCUT2D eigenvalue weighted by Crippen LogP contribution is -2.41. The van der Waals surface area contributed by atoms with Gasteiger partial charge in [-0.25, -0.2) is 0 Å². The Morgan fingerprint density at radius 1 is 1.16 bits per heavy atom. The summed E-state index contributed by atoms with van der Waals surface area (Å²) in [6.07, 6.45) is 2.17. The fraction of sp³-hybridized carbons (Fsp3) is 0.929. The third-order valence-corrected chi connectivity index (χ3v) is 2.83. The molecule has 0 unspecified atom stereocenters. The van der Waals surface area contributed by atoms with E-state index in [-0.39, 0.29) is 0 Å². The van der Waals surface area contributed by atoms with Crippen LogP contribution in [0.3, 0.4) is 0 Å². The largest absolute Gasteiger partial charge is 0.385 e. The van der Waals surface area contributed by atoms with Crippen LogP contribution >= 0.6 is 0 Å². The van der Waals surface area contributed by atoms with Crippen molar-refractivity contribution in [1.29, 1.82) is 0 Å². The van der Waals surface area contributed by atoms with Crippen LogP contribution in [-0.4, -0.2) is 63.8 Å². The van der Waals surface area contributed by atoms with Gasteiger partial charge in [0.2, 0.25) is 0 Å². The molecule has 0 aliphatic rings. The maximum atomic E-state index is 5.02. The molecule has 0 aromatic rings. The van der Waals surface area contributed by atoms with E-state index in [9.17, 15) is 0 Å². The van der Waals surface area contributed by atoms with Crippen molar-refractivity contribution < 1.29 is 4.74 Å². The Kier molecular flexibility index (Phi) is 13.0. The highest BCUT2D eigenvalue weighted by molar-refractivity contribution is 5.79. The van der Waals surface area contributed by atoms with Crippen LogP contribution in [0.25, 0.3) is 0 Å². The summed E-state index contributed by atoms with van der Waals surface area (Å²) in [6, 6.07) is 0. The van der Waals surface area contributed by atoms with Gasteiger partial charge in [0.25, 0.3) is 0 Å². The first-order valence-electron chi connectivity index (χ1n) is 7.51. The SMILES string of the molecule is CCCN(CC)CCNC(=NCCCOC)NCC. The summed E-state index contributed by atoms with van der Waals surface area (Å²) in [7, 11) is 1.72. The number of nitrogens with zero attached hydrogens (tertiary/aromatic N) is 2. The second-order valence-electron chi connectivity index (χ2n) is 4.47. The van der Waals surface area contributed by atoms with Crippen LogP contribution in [0.1, 0.15) is 33.6 Å². The molecule has 5 heteroatoms. The lowest BCUT2D eigenvalue weighted by molar-refractivity contribution is 0.197. The number of ether oxygens (including phenoxy) is 1. The zero-order chi connectivity index (χ0) is 14.3. The number of nitrogens with one attached hydrogen (secondary N) is 2. The summed E-state index contributed by atoms with van der Waals surface area (Å²) >= 11 is 0. The van der Waals surface area contributed by atoms with E-state index < -0.39 is 0 Å². The first-order chi connectivity index (χ1) is 9.28. The van der Waals surface area contributed by atoms with E-state index >= 15 is 0 Å². The Hall–Kier alpha value is -0.810. The van der Waals surface area contributed by atoms with Gasteiger partial charge in [0.05, 0.1) is 0 Å². The third kappa shape index (κ3) is 10.8. The lowest BCUT2D eigenvalue weighted by Gasteiger charge is -2.20. The third-order valence-electron chi connectivity index (χ3n) is 2.83. The van der Waals surface area contributed by atoms with Gasteiger partial charge in [-0.2, -0.15) is 0 Å². The molecule has 0 saturated heterocycles. The second-order valence-corrected chi connectivity index (χ2v) is 4.47. The van der Waals surface area contributed by atoms with Gasteiger partial charge in [-0.1, -0.05) is 13.8 Å². The lowest BCUT2D eigenvalue weighted by atomic mass is 10.4. The van der Waals surface area contributed by atoms with Crippen LogP contribution < -0.4 is 10.6 Å². The van der Waals surface area contributed by atoms with Gasteiger partial charge in [0.15, 0.2) is 5.96 Å². The quantitative estimate of drug-likeness (QED) is 0.338. The molecule has 0 heterocycles. The van der Waals surface area contributed by atoms with Crippen molar-refractivity contribution in [3.63, 3.8) is 0 Å². The minimum atomic E-state index is 0.767. The van der Waals surface area contributed by atoms with Crippen molar-refractivity contribution in [2.45, 2.75) is 33.6 Å². The standard InChI is InChI=1S/C14H32N4O/c1-5-11-18(7-3)12-10-17-14(15-6-2)16-9-8-13-19-4/h5-13H2,1-4H3,(H2,15,16,17). The van der Waals surface area contributed by atoms with Crippen LogP contribution in [0.4, 0.5) is 0 Å². The van der Waals surface area contributed by atoms with Crippen molar-refractivity contribution in [3.05, 3.63) is 0 Å². The first kappa shape index (κ1) is 18.2. The van der Waals surface area contributed by atoms with E-state index in [2.05, 4.69) is 41.3 Å². The average Bonchev–Trinajstić information content (AvgIpc) is 2.42. The molecule has 0 radical (unpaired) electrons. The summed E-state index contributed by atoms with van der Waals surface area (Å²) in [4.78, 5) is 6.96. The topological polar surface area (TPSA) is 48.9 Å². The number of hydrogen-bond donors (Lipinski definition) is 2. The zero-order valence-electron chi connectivity index (χ0n) is 13.2. The fourth-order valence-corrected chi connectivity index (χ4v) is 1.82. The highest BCUT2D eigenvalue weighted by Crippen LogP contribution is 1.89. The fourth-order valence-electron chi connectivity index (χ4n) is 1.82. The van der Waals surface area contributed by atoms with Gasteiger partial charge in [-0.05, 0) is 32.9 Å². The van der Waals surface area contributed by atoms with E-state index in [1.165, 1.54) is 13.0 Å². The number of aliphatic imine (C=N–C) groups is 1. The Labute approximate surface area is 118 Å². The molecule has 0 atom stereocenters. The van der Waals surface area contributed by atoms with Crippen LogP contribution in [0.5, 0.6) is 0 Å². The molecule has 0 bridgehead atoms. The van der Waals surface area contributed by atoms with E-state index in [0.29, 0.717) is 0 Å². The normalized spacial score (nSPS) is 11.9. The molecule has 0 amide bonds. The van der Waals surface area contributed by atoms with Gasteiger partial charge in [0, 0.05) is 39.9 Å². The summed E-state index contributed by atoms with van der Waals surface area (Å²) in [5, 5.41) is 6.64. The van der Waals surface area contributed by atoms with Crippen molar-refractivity contribution in [2.24, 2.45) is 4.99 Å². The Bertz CT molecular complexity index is 221. The van der Waals surface area contributed by atoms with Gasteiger partial charge in [-0.15, -0.1) is 0 Å². The molecule has 5 nitrogen and oxygen atoms in total. The molecule has 0 aliphatic carbocycles. The Morgan fingerprint density at radius 3 is 2.53 bits per heavy atom. The molecular weight excluding hydrogens is 240 g/mol.